The Kier molecular flexibility index (Phi) is 5.77. The summed E-state index contributed by atoms with van der Waals surface area (Å²) < 4.78 is 4.96. The van der Waals surface area contributed by atoms with Gasteiger partial charge in [0.25, 0.3) is 5.69 Å². The number of amides is 1. The fraction of sp³-hybridized carbons (Fsp3) is 0.312. The number of ether oxygens (including phenoxy) is 1. The molecule has 130 valence electrons. The Bertz CT molecular complexity index is 799. The van der Waals surface area contributed by atoms with Crippen molar-refractivity contribution in [1.82, 2.24) is 5.32 Å². The molecule has 1 aromatic carbocycles. The zero-order valence-electron chi connectivity index (χ0n) is 13.5. The molecule has 0 aliphatic carbocycles. The highest BCUT2D eigenvalue weighted by Gasteiger charge is 2.46. The highest BCUT2D eigenvalue weighted by molar-refractivity contribution is 8.02. The van der Waals surface area contributed by atoms with Crippen molar-refractivity contribution in [3.8, 4) is 6.07 Å². The number of hydrogen-bond acceptors (Lipinski definition) is 7. The SMILES string of the molecule is CCOC(=O)[C@H]1C(=O)NC(SC)=C(C#N)[C@H]1c1ccccc1[N+](=O)[O-]. The van der Waals surface area contributed by atoms with Gasteiger partial charge in [-0.15, -0.1) is 11.8 Å². The molecule has 9 heteroatoms. The van der Waals surface area contributed by atoms with E-state index in [1.54, 1.807) is 19.2 Å². The average Bonchev–Trinajstić information content (AvgIpc) is 2.60. The van der Waals surface area contributed by atoms with E-state index in [9.17, 15) is 25.0 Å². The average molecular weight is 361 g/mol. The number of carbonyl (C=O) groups is 2. The van der Waals surface area contributed by atoms with E-state index in [0.29, 0.717) is 0 Å². The maximum atomic E-state index is 12.5. The molecule has 0 aromatic heterocycles. The van der Waals surface area contributed by atoms with Crippen molar-refractivity contribution >= 4 is 29.3 Å². The summed E-state index contributed by atoms with van der Waals surface area (Å²) in [6.07, 6.45) is 1.66. The molecule has 0 bridgehead atoms. The molecule has 1 aliphatic rings. The quantitative estimate of drug-likeness (QED) is 0.369. The lowest BCUT2D eigenvalue weighted by atomic mass is 9.78. The lowest BCUT2D eigenvalue weighted by molar-refractivity contribution is -0.385. The molecule has 1 aliphatic heterocycles. The van der Waals surface area contributed by atoms with Gasteiger partial charge in [0.15, 0.2) is 0 Å². The minimum Gasteiger partial charge on any atom is -0.465 e. The number of nitrogens with one attached hydrogen (secondary N) is 1. The third-order valence-corrected chi connectivity index (χ3v) is 4.47. The van der Waals surface area contributed by atoms with Crippen LogP contribution < -0.4 is 5.32 Å². The van der Waals surface area contributed by atoms with E-state index >= 15 is 0 Å². The minimum atomic E-state index is -1.37. The molecule has 8 nitrogen and oxygen atoms in total. The number of nitro benzene ring substituents is 1. The van der Waals surface area contributed by atoms with Crippen LogP contribution in [-0.2, 0) is 14.3 Å². The summed E-state index contributed by atoms with van der Waals surface area (Å²) in [4.78, 5) is 35.6. The van der Waals surface area contributed by atoms with Crippen LogP contribution in [0.2, 0.25) is 0 Å². The van der Waals surface area contributed by atoms with Crippen LogP contribution in [0.25, 0.3) is 0 Å². The smallest absolute Gasteiger partial charge is 0.319 e. The molecule has 0 fully saturated rings. The fourth-order valence-electron chi connectivity index (χ4n) is 2.72. The number of nitrogens with zero attached hydrogens (tertiary/aromatic N) is 2. The molecule has 2 rings (SSSR count). The second-order valence-corrected chi connectivity index (χ2v) is 5.89. The number of rotatable bonds is 5. The van der Waals surface area contributed by atoms with Crippen LogP contribution in [0, 0.1) is 27.4 Å². The van der Waals surface area contributed by atoms with Crippen molar-refractivity contribution in [2.24, 2.45) is 5.92 Å². The Morgan fingerprint density at radius 3 is 2.72 bits per heavy atom. The first-order valence-electron chi connectivity index (χ1n) is 7.35. The van der Waals surface area contributed by atoms with Crippen molar-refractivity contribution in [3.63, 3.8) is 0 Å². The van der Waals surface area contributed by atoms with Gasteiger partial charge in [-0.2, -0.15) is 5.26 Å². The van der Waals surface area contributed by atoms with Gasteiger partial charge in [-0.05, 0) is 13.2 Å². The van der Waals surface area contributed by atoms with Gasteiger partial charge in [0, 0.05) is 11.6 Å². The zero-order chi connectivity index (χ0) is 18.6. The first kappa shape index (κ1) is 18.5. The minimum absolute atomic E-state index is 0.0488. The first-order valence-corrected chi connectivity index (χ1v) is 8.57. The Balaban J connectivity index is 2.73. The third-order valence-electron chi connectivity index (χ3n) is 3.74. The monoisotopic (exact) mass is 361 g/mol. The first-order chi connectivity index (χ1) is 12.0. The van der Waals surface area contributed by atoms with E-state index in [4.69, 9.17) is 4.74 Å². The Morgan fingerprint density at radius 1 is 1.48 bits per heavy atom. The molecule has 25 heavy (non-hydrogen) atoms. The summed E-state index contributed by atoms with van der Waals surface area (Å²) in [6.45, 7) is 1.64. The maximum absolute atomic E-state index is 12.5. The maximum Gasteiger partial charge on any atom is 0.319 e. The van der Waals surface area contributed by atoms with Gasteiger partial charge in [-0.25, -0.2) is 0 Å². The summed E-state index contributed by atoms with van der Waals surface area (Å²) in [5.41, 5.74) is -0.0346. The lowest BCUT2D eigenvalue weighted by Gasteiger charge is -2.30. The van der Waals surface area contributed by atoms with E-state index in [0.717, 1.165) is 11.8 Å². The van der Waals surface area contributed by atoms with Gasteiger partial charge in [0.1, 0.15) is 5.92 Å². The van der Waals surface area contributed by atoms with Gasteiger partial charge in [-0.1, -0.05) is 18.2 Å². The Morgan fingerprint density at radius 2 is 2.16 bits per heavy atom. The fourth-order valence-corrected chi connectivity index (χ4v) is 3.32. The topological polar surface area (TPSA) is 122 Å². The summed E-state index contributed by atoms with van der Waals surface area (Å²) in [6, 6.07) is 7.75. The molecule has 1 N–H and O–H groups in total. The number of esters is 1. The molecule has 0 unspecified atom stereocenters. The molecular formula is C16H15N3O5S. The van der Waals surface area contributed by atoms with Crippen molar-refractivity contribution in [3.05, 3.63) is 50.5 Å². The standard InChI is InChI=1S/C16H15N3O5S/c1-3-24-16(21)13-12(9-6-4-5-7-11(9)19(22)23)10(8-17)15(25-2)18-14(13)20/h4-7,12-13H,3H2,1-2H3,(H,18,20)/t12-,13-/m1/s1. The van der Waals surface area contributed by atoms with E-state index in [2.05, 4.69) is 5.32 Å². The summed E-state index contributed by atoms with van der Waals surface area (Å²) >= 11 is 1.13. The number of allylic oxidation sites excluding steroid dienone is 1. The van der Waals surface area contributed by atoms with Gasteiger partial charge in [-0.3, -0.25) is 19.7 Å². The number of para-hydroxylation sites is 1. The van der Waals surface area contributed by atoms with Crippen LogP contribution in [0.3, 0.4) is 0 Å². The molecule has 0 saturated heterocycles. The third kappa shape index (κ3) is 3.49. The molecule has 1 aromatic rings. The molecule has 1 amide bonds. The van der Waals surface area contributed by atoms with Crippen LogP contribution in [-0.4, -0.2) is 29.7 Å². The van der Waals surface area contributed by atoms with Crippen molar-refractivity contribution < 1.29 is 19.2 Å². The van der Waals surface area contributed by atoms with E-state index < -0.39 is 28.6 Å². The van der Waals surface area contributed by atoms with E-state index in [-0.39, 0.29) is 28.5 Å². The predicted octanol–water partition coefficient (Wildman–Crippen LogP) is 2.09. The van der Waals surface area contributed by atoms with Crippen molar-refractivity contribution in [2.45, 2.75) is 12.8 Å². The predicted molar refractivity (Wildman–Crippen MR) is 90.3 cm³/mol. The normalized spacial score (nSPS) is 19.8. The summed E-state index contributed by atoms with van der Waals surface area (Å²) in [5, 5.41) is 23.7. The van der Waals surface area contributed by atoms with Crippen LogP contribution in [0.4, 0.5) is 5.69 Å². The number of thioether (sulfide) groups is 1. The number of carbonyl (C=O) groups excluding carboxylic acids is 2. The number of nitriles is 1. The van der Waals surface area contributed by atoms with Crippen LogP contribution >= 0.6 is 11.8 Å². The van der Waals surface area contributed by atoms with Crippen molar-refractivity contribution in [1.29, 1.82) is 5.26 Å². The Labute approximate surface area is 148 Å². The van der Waals surface area contributed by atoms with E-state index in [1.807, 2.05) is 6.07 Å². The van der Waals surface area contributed by atoms with Crippen LogP contribution in [0.5, 0.6) is 0 Å². The largest absolute Gasteiger partial charge is 0.465 e. The number of nitro groups is 1. The number of benzene rings is 1. The molecule has 2 atom stereocenters. The lowest BCUT2D eigenvalue weighted by Crippen LogP contribution is -2.44. The van der Waals surface area contributed by atoms with Crippen LogP contribution in [0.1, 0.15) is 18.4 Å². The summed E-state index contributed by atoms with van der Waals surface area (Å²) in [5.74, 6) is -3.92. The highest BCUT2D eigenvalue weighted by Crippen LogP contribution is 2.42. The van der Waals surface area contributed by atoms with Crippen LogP contribution in [0.15, 0.2) is 34.9 Å². The molecule has 0 radical (unpaired) electrons. The van der Waals surface area contributed by atoms with Gasteiger partial charge >= 0.3 is 5.97 Å². The summed E-state index contributed by atoms with van der Waals surface area (Å²) in [7, 11) is 0. The number of hydrogen-bond donors (Lipinski definition) is 1. The molecule has 0 saturated carbocycles. The second kappa shape index (κ2) is 7.81. The second-order valence-electron chi connectivity index (χ2n) is 5.07. The van der Waals surface area contributed by atoms with Crippen molar-refractivity contribution in [2.75, 3.05) is 12.9 Å². The van der Waals surface area contributed by atoms with Gasteiger partial charge in [0.05, 0.1) is 34.1 Å². The highest BCUT2D eigenvalue weighted by atomic mass is 32.2. The molecule has 0 spiro atoms. The van der Waals surface area contributed by atoms with Gasteiger partial charge < -0.3 is 10.1 Å². The molecular weight excluding hydrogens is 346 g/mol. The van der Waals surface area contributed by atoms with E-state index in [1.165, 1.54) is 18.2 Å². The zero-order valence-corrected chi connectivity index (χ0v) is 14.3. The molecule has 1 heterocycles. The Hall–Kier alpha value is -2.86. The van der Waals surface area contributed by atoms with Gasteiger partial charge in [0.2, 0.25) is 5.91 Å².